The lowest BCUT2D eigenvalue weighted by Crippen LogP contribution is -2.48. The molecule has 1 N–H and O–H groups in total. The molecule has 3 heteroatoms. The third kappa shape index (κ3) is 3.90. The van der Waals surface area contributed by atoms with Crippen molar-refractivity contribution in [2.75, 3.05) is 0 Å². The zero-order chi connectivity index (χ0) is 11.6. The Morgan fingerprint density at radius 1 is 1.14 bits per heavy atom. The van der Waals surface area contributed by atoms with Gasteiger partial charge in [0, 0.05) is 5.41 Å². The maximum atomic E-state index is 11.6. The number of hydrogen-bond acceptors (Lipinski definition) is 2. The van der Waals surface area contributed by atoms with Crippen molar-refractivity contribution >= 4 is 12.2 Å². The SMILES string of the molecule is CC(C)(C)C(=O)NC(C=O)C(C)(C)C. The van der Waals surface area contributed by atoms with Gasteiger partial charge in [-0.1, -0.05) is 41.5 Å². The largest absolute Gasteiger partial charge is 0.346 e. The summed E-state index contributed by atoms with van der Waals surface area (Å²) in [5.41, 5.74) is -0.685. The van der Waals surface area contributed by atoms with Gasteiger partial charge in [-0.2, -0.15) is 0 Å². The zero-order valence-corrected chi connectivity index (χ0v) is 9.97. The molecule has 0 aliphatic carbocycles. The van der Waals surface area contributed by atoms with Gasteiger partial charge in [-0.3, -0.25) is 4.79 Å². The number of carbonyl (C=O) groups is 2. The fourth-order valence-electron chi connectivity index (χ4n) is 0.812. The van der Waals surface area contributed by atoms with Crippen molar-refractivity contribution in [1.82, 2.24) is 5.32 Å². The van der Waals surface area contributed by atoms with Crippen molar-refractivity contribution in [3.63, 3.8) is 0 Å². The molecule has 0 rings (SSSR count). The Bertz CT molecular complexity index is 220. The van der Waals surface area contributed by atoms with Gasteiger partial charge in [0.1, 0.15) is 6.29 Å². The van der Waals surface area contributed by atoms with Crippen molar-refractivity contribution in [2.24, 2.45) is 10.8 Å². The van der Waals surface area contributed by atoms with Gasteiger partial charge in [0.2, 0.25) is 5.91 Å². The number of hydrogen-bond donors (Lipinski definition) is 1. The molecular formula is C11H21NO2. The second kappa shape index (κ2) is 4.11. The minimum Gasteiger partial charge on any atom is -0.346 e. The predicted octanol–water partition coefficient (Wildman–Crippen LogP) is 1.76. The summed E-state index contributed by atoms with van der Waals surface area (Å²) in [6.07, 6.45) is 0.795. The van der Waals surface area contributed by atoms with Crippen LogP contribution >= 0.6 is 0 Å². The molecule has 1 atom stereocenters. The van der Waals surface area contributed by atoms with Gasteiger partial charge in [0.25, 0.3) is 0 Å². The van der Waals surface area contributed by atoms with Gasteiger partial charge >= 0.3 is 0 Å². The highest BCUT2D eigenvalue weighted by Crippen LogP contribution is 2.20. The van der Waals surface area contributed by atoms with Crippen LogP contribution in [0.5, 0.6) is 0 Å². The molecule has 0 radical (unpaired) electrons. The molecule has 0 spiro atoms. The lowest BCUT2D eigenvalue weighted by atomic mass is 9.86. The highest BCUT2D eigenvalue weighted by Gasteiger charge is 2.29. The van der Waals surface area contributed by atoms with Crippen molar-refractivity contribution in [3.8, 4) is 0 Å². The Hall–Kier alpha value is -0.860. The van der Waals surface area contributed by atoms with Gasteiger partial charge in [0.05, 0.1) is 6.04 Å². The number of carbonyl (C=O) groups excluding carboxylic acids is 2. The standard InChI is InChI=1S/C11H21NO2/c1-10(2,3)8(7-13)12-9(14)11(4,5)6/h7-8H,1-6H3,(H,12,14). The lowest BCUT2D eigenvalue weighted by molar-refractivity contribution is -0.132. The minimum absolute atomic E-state index is 0.0930. The van der Waals surface area contributed by atoms with Gasteiger partial charge in [-0.05, 0) is 5.41 Å². The van der Waals surface area contributed by atoms with Crippen LogP contribution in [0.25, 0.3) is 0 Å². The van der Waals surface area contributed by atoms with Gasteiger partial charge < -0.3 is 10.1 Å². The summed E-state index contributed by atoms with van der Waals surface area (Å²) >= 11 is 0. The maximum absolute atomic E-state index is 11.6. The first kappa shape index (κ1) is 13.1. The molecule has 3 nitrogen and oxygen atoms in total. The topological polar surface area (TPSA) is 46.2 Å². The van der Waals surface area contributed by atoms with E-state index in [4.69, 9.17) is 0 Å². The van der Waals surface area contributed by atoms with E-state index in [0.717, 1.165) is 6.29 Å². The average Bonchev–Trinajstić information content (AvgIpc) is 1.95. The molecular weight excluding hydrogens is 178 g/mol. The second-order valence-corrected chi connectivity index (χ2v) is 5.70. The van der Waals surface area contributed by atoms with E-state index < -0.39 is 11.5 Å². The van der Waals surface area contributed by atoms with Gasteiger partial charge in [-0.25, -0.2) is 0 Å². The summed E-state index contributed by atoms with van der Waals surface area (Å²) in [5, 5.41) is 2.74. The van der Waals surface area contributed by atoms with Crippen LogP contribution in [0.1, 0.15) is 41.5 Å². The highest BCUT2D eigenvalue weighted by molar-refractivity contribution is 5.84. The third-order valence-electron chi connectivity index (χ3n) is 2.04. The van der Waals surface area contributed by atoms with Crippen LogP contribution in [0.2, 0.25) is 0 Å². The number of rotatable bonds is 2. The van der Waals surface area contributed by atoms with Crippen LogP contribution in [0.3, 0.4) is 0 Å². The van der Waals surface area contributed by atoms with Crippen molar-refractivity contribution in [2.45, 2.75) is 47.6 Å². The van der Waals surface area contributed by atoms with E-state index in [2.05, 4.69) is 5.32 Å². The molecule has 0 fully saturated rings. The third-order valence-corrected chi connectivity index (χ3v) is 2.04. The molecule has 0 bridgehead atoms. The van der Waals surface area contributed by atoms with Gasteiger partial charge in [-0.15, -0.1) is 0 Å². The van der Waals surface area contributed by atoms with Crippen molar-refractivity contribution in [1.29, 1.82) is 0 Å². The zero-order valence-electron chi connectivity index (χ0n) is 9.97. The average molecular weight is 199 g/mol. The molecule has 1 unspecified atom stereocenters. The first-order chi connectivity index (χ1) is 6.09. The first-order valence-electron chi connectivity index (χ1n) is 4.85. The monoisotopic (exact) mass is 199 g/mol. The van der Waals surface area contributed by atoms with Crippen LogP contribution < -0.4 is 5.32 Å². The molecule has 1 amide bonds. The molecule has 14 heavy (non-hydrogen) atoms. The molecule has 0 aromatic rings. The number of amides is 1. The smallest absolute Gasteiger partial charge is 0.225 e. The van der Waals surface area contributed by atoms with Crippen LogP contribution in [-0.4, -0.2) is 18.2 Å². The fraction of sp³-hybridized carbons (Fsp3) is 0.818. The second-order valence-electron chi connectivity index (χ2n) is 5.70. The Morgan fingerprint density at radius 3 is 1.79 bits per heavy atom. The molecule has 0 aromatic heterocycles. The molecule has 0 aliphatic heterocycles. The van der Waals surface area contributed by atoms with E-state index in [1.807, 2.05) is 41.5 Å². The van der Waals surface area contributed by atoms with E-state index >= 15 is 0 Å². The van der Waals surface area contributed by atoms with E-state index in [1.165, 1.54) is 0 Å². The Morgan fingerprint density at radius 2 is 1.57 bits per heavy atom. The summed E-state index contributed by atoms with van der Waals surface area (Å²) in [5.74, 6) is -0.0930. The number of nitrogens with one attached hydrogen (secondary N) is 1. The Kier molecular flexibility index (Phi) is 3.86. The summed E-state index contributed by atoms with van der Waals surface area (Å²) in [7, 11) is 0. The van der Waals surface area contributed by atoms with E-state index in [9.17, 15) is 9.59 Å². The van der Waals surface area contributed by atoms with Crippen LogP contribution in [0.15, 0.2) is 0 Å². The summed E-state index contributed by atoms with van der Waals surface area (Å²) < 4.78 is 0. The predicted molar refractivity (Wildman–Crippen MR) is 56.9 cm³/mol. The summed E-state index contributed by atoms with van der Waals surface area (Å²) in [4.78, 5) is 22.4. The first-order valence-corrected chi connectivity index (χ1v) is 4.85. The molecule has 82 valence electrons. The van der Waals surface area contributed by atoms with E-state index in [0.29, 0.717) is 0 Å². The summed E-state index contributed by atoms with van der Waals surface area (Å²) in [6.45, 7) is 11.3. The number of aldehydes is 1. The van der Waals surface area contributed by atoms with Crippen LogP contribution in [0.4, 0.5) is 0 Å². The Labute approximate surface area is 86.3 Å². The Balaban J connectivity index is 4.51. The van der Waals surface area contributed by atoms with E-state index in [1.54, 1.807) is 0 Å². The lowest BCUT2D eigenvalue weighted by Gasteiger charge is -2.29. The molecule has 0 aromatic carbocycles. The van der Waals surface area contributed by atoms with E-state index in [-0.39, 0.29) is 11.3 Å². The minimum atomic E-state index is -0.452. The fourth-order valence-corrected chi connectivity index (χ4v) is 0.812. The normalized spacial score (nSPS) is 14.7. The van der Waals surface area contributed by atoms with Crippen molar-refractivity contribution in [3.05, 3.63) is 0 Å². The summed E-state index contributed by atoms with van der Waals surface area (Å²) in [6, 6.07) is -0.422. The van der Waals surface area contributed by atoms with Crippen LogP contribution in [-0.2, 0) is 9.59 Å². The molecule has 0 saturated heterocycles. The molecule has 0 saturated carbocycles. The van der Waals surface area contributed by atoms with Crippen LogP contribution in [0, 0.1) is 10.8 Å². The quantitative estimate of drug-likeness (QED) is 0.689. The molecule has 0 aliphatic rings. The molecule has 0 heterocycles. The van der Waals surface area contributed by atoms with Crippen molar-refractivity contribution < 1.29 is 9.59 Å². The highest BCUT2D eigenvalue weighted by atomic mass is 16.2. The maximum Gasteiger partial charge on any atom is 0.225 e. The van der Waals surface area contributed by atoms with Gasteiger partial charge in [0.15, 0.2) is 0 Å².